The molecule has 0 saturated carbocycles. The zero-order valence-electron chi connectivity index (χ0n) is 16.7. The molecule has 1 aliphatic heterocycles. The van der Waals surface area contributed by atoms with E-state index < -0.39 is 33.4 Å². The van der Waals surface area contributed by atoms with Crippen LogP contribution < -0.4 is 4.18 Å². The zero-order chi connectivity index (χ0) is 23.4. The Hall–Kier alpha value is -2.28. The maximum Gasteiger partial charge on any atom is 0.534 e. The molecular formula is C18H19F6N3O3S. The molecule has 0 unspecified atom stereocenters. The summed E-state index contributed by atoms with van der Waals surface area (Å²) in [6.07, 6.45) is -2.86. The topological polar surface area (TPSA) is 64.4 Å². The van der Waals surface area contributed by atoms with Crippen molar-refractivity contribution < 1.29 is 38.9 Å². The average molecular weight is 471 g/mol. The first-order chi connectivity index (χ1) is 14.1. The number of rotatable bonds is 4. The highest BCUT2D eigenvalue weighted by Gasteiger charge is 2.49. The van der Waals surface area contributed by atoms with E-state index in [0.29, 0.717) is 12.6 Å². The summed E-state index contributed by atoms with van der Waals surface area (Å²) in [5.74, 6) is 0. The molecule has 2 aromatic rings. The van der Waals surface area contributed by atoms with Crippen molar-refractivity contribution >= 4 is 21.2 Å². The van der Waals surface area contributed by atoms with Crippen LogP contribution in [0.15, 0.2) is 23.8 Å². The number of halogens is 6. The predicted molar refractivity (Wildman–Crippen MR) is 99.6 cm³/mol. The molecule has 0 bridgehead atoms. The minimum absolute atomic E-state index is 0.0336. The molecule has 1 aromatic carbocycles. The smallest absolute Gasteiger partial charge is 0.338 e. The summed E-state index contributed by atoms with van der Waals surface area (Å²) in [4.78, 5) is 5.49. The molecule has 0 N–H and O–H groups in total. The van der Waals surface area contributed by atoms with Crippen LogP contribution in [0.3, 0.4) is 0 Å². The number of allylic oxidation sites excluding steroid dienone is 1. The molecule has 31 heavy (non-hydrogen) atoms. The standard InChI is InChI=1S/C18H19F6N3O3S/c1-10(2)4-5-26-9-12-6-13(17(19,20)21)7-14-15(12)27(8-11(26)3)16(25-14)30-31(28,29)18(22,23)24/h4,6-7,11H,5,8-9H2,1-3H3/t11-/m0/s1. The number of benzene rings is 1. The van der Waals surface area contributed by atoms with Crippen LogP contribution in [-0.4, -0.2) is 41.0 Å². The van der Waals surface area contributed by atoms with Crippen LogP contribution in [0.1, 0.15) is 31.9 Å². The third-order valence-electron chi connectivity index (χ3n) is 4.86. The van der Waals surface area contributed by atoms with E-state index in [1.165, 1.54) is 0 Å². The fraction of sp³-hybridized carbons (Fsp3) is 0.500. The fourth-order valence-corrected chi connectivity index (χ4v) is 3.71. The number of alkyl halides is 6. The van der Waals surface area contributed by atoms with Crippen molar-refractivity contribution in [1.29, 1.82) is 0 Å². The molecule has 13 heteroatoms. The SMILES string of the molecule is CC(C)=CCN1Cc2cc(C(F)(F)F)cc3nc(OS(=O)(=O)C(F)(F)F)n(c23)C[C@@H]1C. The monoisotopic (exact) mass is 471 g/mol. The molecule has 172 valence electrons. The second kappa shape index (κ2) is 7.69. The number of hydrogen-bond acceptors (Lipinski definition) is 5. The van der Waals surface area contributed by atoms with Gasteiger partial charge in [-0.3, -0.25) is 9.47 Å². The van der Waals surface area contributed by atoms with Gasteiger partial charge in [0, 0.05) is 25.7 Å². The number of imidazole rings is 1. The van der Waals surface area contributed by atoms with E-state index >= 15 is 0 Å². The van der Waals surface area contributed by atoms with E-state index in [1.54, 1.807) is 6.92 Å². The van der Waals surface area contributed by atoms with Crippen molar-refractivity contribution in [3.05, 3.63) is 34.9 Å². The third-order valence-corrected chi connectivity index (χ3v) is 5.79. The Bertz CT molecular complexity index is 1130. The lowest BCUT2D eigenvalue weighted by Crippen LogP contribution is -2.35. The van der Waals surface area contributed by atoms with E-state index in [4.69, 9.17) is 0 Å². The summed E-state index contributed by atoms with van der Waals surface area (Å²) in [6.45, 7) is 5.84. The zero-order valence-corrected chi connectivity index (χ0v) is 17.5. The molecule has 0 saturated heterocycles. The quantitative estimate of drug-likeness (QED) is 0.285. The van der Waals surface area contributed by atoms with Gasteiger partial charge in [0.25, 0.3) is 0 Å². The van der Waals surface area contributed by atoms with E-state index in [-0.39, 0.29) is 35.7 Å². The highest BCUT2D eigenvalue weighted by Crippen LogP contribution is 2.38. The van der Waals surface area contributed by atoms with E-state index in [9.17, 15) is 34.8 Å². The maximum absolute atomic E-state index is 13.4. The second-order valence-corrected chi connectivity index (χ2v) is 9.09. The van der Waals surface area contributed by atoms with Crippen LogP contribution in [0.5, 0.6) is 6.01 Å². The lowest BCUT2D eigenvalue weighted by molar-refractivity contribution is -0.137. The van der Waals surface area contributed by atoms with Crippen molar-refractivity contribution in [2.24, 2.45) is 0 Å². The Kier molecular flexibility index (Phi) is 5.80. The van der Waals surface area contributed by atoms with Gasteiger partial charge in [-0.15, -0.1) is 0 Å². The van der Waals surface area contributed by atoms with Crippen LogP contribution in [-0.2, 0) is 29.4 Å². The highest BCUT2D eigenvalue weighted by atomic mass is 32.2. The normalized spacial score (nSPS) is 18.2. The van der Waals surface area contributed by atoms with Gasteiger partial charge < -0.3 is 4.18 Å². The minimum Gasteiger partial charge on any atom is -0.338 e. The number of hydrogen-bond donors (Lipinski definition) is 0. The number of aromatic nitrogens is 2. The van der Waals surface area contributed by atoms with E-state index in [0.717, 1.165) is 16.2 Å². The molecular weight excluding hydrogens is 452 g/mol. The van der Waals surface area contributed by atoms with Crippen molar-refractivity contribution in [3.63, 3.8) is 0 Å². The van der Waals surface area contributed by atoms with Crippen LogP contribution in [0.25, 0.3) is 11.0 Å². The van der Waals surface area contributed by atoms with Gasteiger partial charge in [0.1, 0.15) is 0 Å². The van der Waals surface area contributed by atoms with Gasteiger partial charge in [-0.05, 0) is 38.5 Å². The Labute approximate surface area is 174 Å². The molecule has 0 amide bonds. The molecule has 3 rings (SSSR count). The molecule has 0 aliphatic carbocycles. The van der Waals surface area contributed by atoms with Gasteiger partial charge in [0.2, 0.25) is 0 Å². The molecule has 0 fully saturated rings. The molecule has 1 aliphatic rings. The summed E-state index contributed by atoms with van der Waals surface area (Å²) in [5.41, 5.74) is -5.81. The van der Waals surface area contributed by atoms with E-state index in [1.807, 2.05) is 24.8 Å². The highest BCUT2D eigenvalue weighted by molar-refractivity contribution is 7.87. The molecule has 2 heterocycles. The van der Waals surface area contributed by atoms with Gasteiger partial charge in [0.15, 0.2) is 0 Å². The Morgan fingerprint density at radius 2 is 1.87 bits per heavy atom. The van der Waals surface area contributed by atoms with Crippen LogP contribution in [0, 0.1) is 0 Å². The Balaban J connectivity index is 2.19. The van der Waals surface area contributed by atoms with Crippen LogP contribution in [0.2, 0.25) is 0 Å². The fourth-order valence-electron chi connectivity index (χ4n) is 3.29. The number of nitrogens with zero attached hydrogens (tertiary/aromatic N) is 3. The summed E-state index contributed by atoms with van der Waals surface area (Å²) < 4.78 is 107. The van der Waals surface area contributed by atoms with Crippen molar-refractivity contribution in [2.45, 2.75) is 51.6 Å². The van der Waals surface area contributed by atoms with Crippen molar-refractivity contribution in [1.82, 2.24) is 14.5 Å². The summed E-state index contributed by atoms with van der Waals surface area (Å²) >= 11 is 0. The first kappa shape index (κ1) is 23.4. The summed E-state index contributed by atoms with van der Waals surface area (Å²) in [6, 6.07) is 0.268. The first-order valence-electron chi connectivity index (χ1n) is 9.08. The molecule has 1 atom stereocenters. The van der Waals surface area contributed by atoms with E-state index in [2.05, 4.69) is 9.17 Å². The minimum atomic E-state index is -6.05. The van der Waals surface area contributed by atoms with Crippen LogP contribution in [0.4, 0.5) is 26.3 Å². The van der Waals surface area contributed by atoms with Gasteiger partial charge in [-0.2, -0.15) is 39.7 Å². The van der Waals surface area contributed by atoms with Crippen molar-refractivity contribution in [3.8, 4) is 6.01 Å². The molecule has 0 radical (unpaired) electrons. The first-order valence-corrected chi connectivity index (χ1v) is 10.5. The summed E-state index contributed by atoms with van der Waals surface area (Å²) in [5, 5.41) is 0. The maximum atomic E-state index is 13.4. The lowest BCUT2D eigenvalue weighted by atomic mass is 10.1. The Morgan fingerprint density at radius 3 is 2.42 bits per heavy atom. The predicted octanol–water partition coefficient (Wildman–Crippen LogP) is 4.45. The molecule has 1 aromatic heterocycles. The van der Waals surface area contributed by atoms with Crippen molar-refractivity contribution in [2.75, 3.05) is 6.54 Å². The van der Waals surface area contributed by atoms with Gasteiger partial charge >= 0.3 is 27.8 Å². The second-order valence-electron chi connectivity index (χ2n) is 7.55. The molecule has 6 nitrogen and oxygen atoms in total. The van der Waals surface area contributed by atoms with Gasteiger partial charge in [-0.1, -0.05) is 11.6 Å². The molecule has 0 spiro atoms. The lowest BCUT2D eigenvalue weighted by Gasteiger charge is -2.26. The summed E-state index contributed by atoms with van der Waals surface area (Å²) in [7, 11) is -6.05. The van der Waals surface area contributed by atoms with Gasteiger partial charge in [-0.25, -0.2) is 0 Å². The average Bonchev–Trinajstić information content (AvgIpc) is 2.84. The van der Waals surface area contributed by atoms with Crippen LogP contribution >= 0.6 is 0 Å². The third kappa shape index (κ3) is 4.66. The largest absolute Gasteiger partial charge is 0.534 e. The van der Waals surface area contributed by atoms with Gasteiger partial charge in [0.05, 0.1) is 16.6 Å². The Morgan fingerprint density at radius 1 is 1.23 bits per heavy atom.